The molecule has 2 aromatic rings. The molecule has 1 amide bonds. The van der Waals surface area contributed by atoms with Crippen LogP contribution in [-0.2, 0) is 4.79 Å². The second kappa shape index (κ2) is 7.00. The van der Waals surface area contributed by atoms with Gasteiger partial charge in [0.1, 0.15) is 6.07 Å². The highest BCUT2D eigenvalue weighted by molar-refractivity contribution is 6.05. The highest BCUT2D eigenvalue weighted by Crippen LogP contribution is 2.15. The molecule has 2 aromatic carbocycles. The van der Waals surface area contributed by atoms with Crippen molar-refractivity contribution in [3.05, 3.63) is 71.3 Å². The summed E-state index contributed by atoms with van der Waals surface area (Å²) in [5, 5.41) is 11.7. The molecular formula is C18H14N2O2. The van der Waals surface area contributed by atoms with E-state index < -0.39 is 0 Å². The number of para-hydroxylation sites is 1. The molecule has 0 bridgehead atoms. The van der Waals surface area contributed by atoms with E-state index in [-0.39, 0.29) is 11.7 Å². The Balaban J connectivity index is 2.13. The van der Waals surface area contributed by atoms with E-state index in [9.17, 15) is 9.59 Å². The van der Waals surface area contributed by atoms with E-state index >= 15 is 0 Å². The topological polar surface area (TPSA) is 70.0 Å². The van der Waals surface area contributed by atoms with Gasteiger partial charge >= 0.3 is 0 Å². The molecular weight excluding hydrogens is 276 g/mol. The zero-order valence-corrected chi connectivity index (χ0v) is 12.0. The lowest BCUT2D eigenvalue weighted by molar-refractivity contribution is -0.112. The van der Waals surface area contributed by atoms with Crippen LogP contribution in [0.3, 0.4) is 0 Å². The van der Waals surface area contributed by atoms with Crippen LogP contribution in [0.25, 0.3) is 6.08 Å². The fraction of sp³-hybridized carbons (Fsp3) is 0.0556. The summed E-state index contributed by atoms with van der Waals surface area (Å²) >= 11 is 0. The Morgan fingerprint density at radius 1 is 1.09 bits per heavy atom. The maximum absolute atomic E-state index is 12.2. The van der Waals surface area contributed by atoms with E-state index in [1.54, 1.807) is 54.6 Å². The lowest BCUT2D eigenvalue weighted by atomic mass is 10.1. The van der Waals surface area contributed by atoms with Crippen LogP contribution in [0.4, 0.5) is 5.69 Å². The zero-order chi connectivity index (χ0) is 15.9. The van der Waals surface area contributed by atoms with Crippen LogP contribution < -0.4 is 5.32 Å². The van der Waals surface area contributed by atoms with E-state index in [4.69, 9.17) is 5.26 Å². The number of nitriles is 1. The Hall–Kier alpha value is -3.19. The first-order valence-corrected chi connectivity index (χ1v) is 6.69. The number of carbonyl (C=O) groups excluding carboxylic acids is 2. The van der Waals surface area contributed by atoms with Crippen LogP contribution in [0, 0.1) is 11.3 Å². The van der Waals surface area contributed by atoms with E-state index in [0.717, 1.165) is 5.56 Å². The smallest absolute Gasteiger partial charge is 0.255 e. The molecule has 108 valence electrons. The summed E-state index contributed by atoms with van der Waals surface area (Å²) in [6.07, 6.45) is 3.16. The quantitative estimate of drug-likeness (QED) is 0.877. The van der Waals surface area contributed by atoms with Crippen LogP contribution in [0.2, 0.25) is 0 Å². The van der Waals surface area contributed by atoms with Crippen molar-refractivity contribution in [2.75, 3.05) is 5.32 Å². The summed E-state index contributed by atoms with van der Waals surface area (Å²) in [5.74, 6) is -0.320. The number of hydrogen-bond acceptors (Lipinski definition) is 3. The van der Waals surface area contributed by atoms with Crippen molar-refractivity contribution in [1.82, 2.24) is 0 Å². The maximum Gasteiger partial charge on any atom is 0.255 e. The Labute approximate surface area is 128 Å². The Kier molecular flexibility index (Phi) is 4.84. The van der Waals surface area contributed by atoms with Crippen LogP contribution in [0.1, 0.15) is 28.4 Å². The van der Waals surface area contributed by atoms with Crippen molar-refractivity contribution in [2.45, 2.75) is 6.92 Å². The number of rotatable bonds is 4. The van der Waals surface area contributed by atoms with Crippen molar-refractivity contribution in [1.29, 1.82) is 5.26 Å². The average Bonchev–Trinajstić information content (AvgIpc) is 2.54. The minimum Gasteiger partial charge on any atom is -0.321 e. The normalized spacial score (nSPS) is 10.2. The molecule has 0 radical (unpaired) electrons. The molecule has 0 aliphatic heterocycles. The zero-order valence-electron chi connectivity index (χ0n) is 12.0. The van der Waals surface area contributed by atoms with Crippen LogP contribution in [0.5, 0.6) is 0 Å². The molecule has 4 nitrogen and oxygen atoms in total. The van der Waals surface area contributed by atoms with Crippen LogP contribution >= 0.6 is 0 Å². The number of nitrogens with one attached hydrogen (secondary N) is 1. The highest BCUT2D eigenvalue weighted by Gasteiger charge is 2.08. The van der Waals surface area contributed by atoms with Gasteiger partial charge in [-0.3, -0.25) is 9.59 Å². The van der Waals surface area contributed by atoms with Gasteiger partial charge in [0.25, 0.3) is 5.91 Å². The fourth-order valence-corrected chi connectivity index (χ4v) is 1.84. The lowest BCUT2D eigenvalue weighted by Gasteiger charge is -2.07. The van der Waals surface area contributed by atoms with Gasteiger partial charge in [-0.15, -0.1) is 0 Å². The van der Waals surface area contributed by atoms with Gasteiger partial charge in [-0.25, -0.2) is 0 Å². The predicted octanol–water partition coefficient (Wildman–Crippen LogP) is 3.41. The van der Waals surface area contributed by atoms with Crippen LogP contribution in [-0.4, -0.2) is 11.7 Å². The third-order valence-electron chi connectivity index (χ3n) is 2.98. The molecule has 0 aliphatic carbocycles. The van der Waals surface area contributed by atoms with Gasteiger partial charge in [0, 0.05) is 5.56 Å². The van der Waals surface area contributed by atoms with Gasteiger partial charge < -0.3 is 5.32 Å². The van der Waals surface area contributed by atoms with E-state index in [2.05, 4.69) is 5.32 Å². The Bertz CT molecular complexity index is 768. The second-order valence-electron chi connectivity index (χ2n) is 4.68. The molecule has 0 aliphatic rings. The number of allylic oxidation sites excluding steroid dienone is 1. The molecule has 2 rings (SSSR count). The first-order chi connectivity index (χ1) is 10.6. The molecule has 0 atom stereocenters. The van der Waals surface area contributed by atoms with Gasteiger partial charge in [-0.1, -0.05) is 30.3 Å². The molecule has 0 saturated heterocycles. The summed E-state index contributed by atoms with van der Waals surface area (Å²) in [4.78, 5) is 23.0. The Morgan fingerprint density at radius 2 is 1.77 bits per heavy atom. The number of nitrogens with zero attached hydrogens (tertiary/aromatic N) is 1. The predicted molar refractivity (Wildman–Crippen MR) is 85.3 cm³/mol. The van der Waals surface area contributed by atoms with Gasteiger partial charge in [-0.2, -0.15) is 5.26 Å². The average molecular weight is 290 g/mol. The van der Waals surface area contributed by atoms with Gasteiger partial charge in [0.15, 0.2) is 5.78 Å². The first-order valence-electron chi connectivity index (χ1n) is 6.69. The van der Waals surface area contributed by atoms with Crippen LogP contribution in [0.15, 0.2) is 54.6 Å². The third kappa shape index (κ3) is 3.90. The second-order valence-corrected chi connectivity index (χ2v) is 4.68. The maximum atomic E-state index is 12.2. The molecule has 22 heavy (non-hydrogen) atoms. The van der Waals surface area contributed by atoms with Crippen molar-refractivity contribution in [2.24, 2.45) is 0 Å². The fourth-order valence-electron chi connectivity index (χ4n) is 1.84. The molecule has 1 N–H and O–H groups in total. The van der Waals surface area contributed by atoms with E-state index in [1.807, 2.05) is 6.07 Å². The van der Waals surface area contributed by atoms with Crippen molar-refractivity contribution < 1.29 is 9.59 Å². The number of benzene rings is 2. The van der Waals surface area contributed by atoms with E-state index in [1.165, 1.54) is 13.0 Å². The summed E-state index contributed by atoms with van der Waals surface area (Å²) in [6, 6.07) is 15.7. The lowest BCUT2D eigenvalue weighted by Crippen LogP contribution is -2.12. The van der Waals surface area contributed by atoms with E-state index in [0.29, 0.717) is 16.8 Å². The van der Waals surface area contributed by atoms with Crippen molar-refractivity contribution >= 4 is 23.5 Å². The summed E-state index contributed by atoms with van der Waals surface area (Å²) in [5.41, 5.74) is 2.21. The van der Waals surface area contributed by atoms with Gasteiger partial charge in [0.05, 0.1) is 11.3 Å². The number of anilines is 1. The van der Waals surface area contributed by atoms with Gasteiger partial charge in [-0.05, 0) is 42.8 Å². The Morgan fingerprint density at radius 3 is 2.41 bits per heavy atom. The largest absolute Gasteiger partial charge is 0.321 e. The molecule has 0 heterocycles. The highest BCUT2D eigenvalue weighted by atomic mass is 16.1. The monoisotopic (exact) mass is 290 g/mol. The molecule has 0 aromatic heterocycles. The molecule has 0 unspecified atom stereocenters. The first kappa shape index (κ1) is 15.2. The summed E-state index contributed by atoms with van der Waals surface area (Å²) < 4.78 is 0. The van der Waals surface area contributed by atoms with Gasteiger partial charge in [0.2, 0.25) is 0 Å². The summed E-state index contributed by atoms with van der Waals surface area (Å²) in [6.45, 7) is 1.48. The number of hydrogen-bond donors (Lipinski definition) is 1. The minimum absolute atomic E-state index is 0.0325. The number of carbonyl (C=O) groups is 2. The molecule has 0 spiro atoms. The van der Waals surface area contributed by atoms with Crippen molar-refractivity contribution in [3.8, 4) is 6.07 Å². The molecule has 0 fully saturated rings. The number of ketones is 1. The summed E-state index contributed by atoms with van der Waals surface area (Å²) in [7, 11) is 0. The van der Waals surface area contributed by atoms with Crippen molar-refractivity contribution in [3.63, 3.8) is 0 Å². The number of amides is 1. The molecule has 0 saturated carbocycles. The molecule has 4 heteroatoms. The third-order valence-corrected chi connectivity index (χ3v) is 2.98. The SMILES string of the molecule is CC(=O)C=Cc1ccc(C(=O)Nc2ccccc2C#N)cc1. The minimum atomic E-state index is -0.287. The standard InChI is InChI=1S/C18H14N2O2/c1-13(21)6-7-14-8-10-15(11-9-14)18(22)20-17-5-3-2-4-16(17)12-19/h2-11H,1H3,(H,20,22).